The van der Waals surface area contributed by atoms with Gasteiger partial charge in [0.2, 0.25) is 0 Å². The molecule has 0 aliphatic heterocycles. The van der Waals surface area contributed by atoms with Gasteiger partial charge in [-0.15, -0.1) is 0 Å². The zero-order chi connectivity index (χ0) is 11.0. The molecule has 2 N–H and O–H groups in total. The Morgan fingerprint density at radius 2 is 2.12 bits per heavy atom. The summed E-state index contributed by atoms with van der Waals surface area (Å²) in [7, 11) is 0. The zero-order valence-electron chi connectivity index (χ0n) is 9.13. The van der Waals surface area contributed by atoms with Crippen LogP contribution in [0.5, 0.6) is 0 Å². The maximum absolute atomic E-state index is 6.13. The summed E-state index contributed by atoms with van der Waals surface area (Å²) in [6.45, 7) is 0. The van der Waals surface area contributed by atoms with E-state index < -0.39 is 0 Å². The second kappa shape index (κ2) is 3.83. The molecule has 1 atom stereocenters. The summed E-state index contributed by atoms with van der Waals surface area (Å²) in [6.07, 6.45) is 5.21. The number of aromatic nitrogens is 2. The molecule has 0 bridgehead atoms. The molecule has 1 saturated carbocycles. The average molecular weight is 213 g/mol. The lowest BCUT2D eigenvalue weighted by molar-refractivity contribution is 0.583. The first-order valence-corrected chi connectivity index (χ1v) is 5.79. The number of fused-ring (bicyclic) bond motifs is 1. The van der Waals surface area contributed by atoms with E-state index in [2.05, 4.69) is 22.3 Å². The summed E-state index contributed by atoms with van der Waals surface area (Å²) in [6, 6.07) is 8.47. The van der Waals surface area contributed by atoms with Crippen LogP contribution >= 0.6 is 0 Å². The van der Waals surface area contributed by atoms with Crippen LogP contribution in [-0.2, 0) is 6.42 Å². The first-order chi connectivity index (χ1) is 7.84. The Balaban J connectivity index is 1.95. The van der Waals surface area contributed by atoms with Gasteiger partial charge in [-0.05, 0) is 18.8 Å². The minimum atomic E-state index is 0.250. The number of hydrogen-bond donors (Lipinski definition) is 1. The van der Waals surface area contributed by atoms with E-state index in [0.29, 0.717) is 5.92 Å². The van der Waals surface area contributed by atoms with E-state index in [-0.39, 0.29) is 6.04 Å². The lowest BCUT2D eigenvalue weighted by atomic mass is 10.0. The topological polar surface area (TPSA) is 51.8 Å². The van der Waals surface area contributed by atoms with Crippen LogP contribution < -0.4 is 5.73 Å². The lowest BCUT2D eigenvalue weighted by Crippen LogP contribution is -2.25. The molecule has 0 spiro atoms. The highest BCUT2D eigenvalue weighted by Crippen LogP contribution is 2.33. The first-order valence-electron chi connectivity index (χ1n) is 5.79. The number of hydrogen-bond acceptors (Lipinski definition) is 3. The van der Waals surface area contributed by atoms with Gasteiger partial charge in [0.15, 0.2) is 0 Å². The lowest BCUT2D eigenvalue weighted by Gasteiger charge is -2.10. The maximum Gasteiger partial charge on any atom is 0.0724 e. The van der Waals surface area contributed by atoms with Gasteiger partial charge in [-0.3, -0.25) is 0 Å². The van der Waals surface area contributed by atoms with Gasteiger partial charge in [-0.1, -0.05) is 24.3 Å². The van der Waals surface area contributed by atoms with Crippen molar-refractivity contribution >= 4 is 10.8 Å². The molecule has 1 fully saturated rings. The van der Waals surface area contributed by atoms with Crippen LogP contribution in [0, 0.1) is 5.92 Å². The minimum Gasteiger partial charge on any atom is -0.327 e. The van der Waals surface area contributed by atoms with Crippen molar-refractivity contribution in [3.63, 3.8) is 0 Å². The van der Waals surface area contributed by atoms with Crippen molar-refractivity contribution in [1.82, 2.24) is 10.2 Å². The summed E-state index contributed by atoms with van der Waals surface area (Å²) >= 11 is 0. The Morgan fingerprint density at radius 3 is 2.94 bits per heavy atom. The highest BCUT2D eigenvalue weighted by Gasteiger charge is 2.29. The molecule has 1 aliphatic rings. The second-order valence-electron chi connectivity index (χ2n) is 4.58. The number of rotatable bonds is 3. The fraction of sp³-hybridized carbons (Fsp3) is 0.385. The van der Waals surface area contributed by atoms with Crippen LogP contribution in [0.15, 0.2) is 30.5 Å². The predicted molar refractivity (Wildman–Crippen MR) is 63.9 cm³/mol. The third-order valence-corrected chi connectivity index (χ3v) is 3.30. The summed E-state index contributed by atoms with van der Waals surface area (Å²) < 4.78 is 0. The number of nitrogens with zero attached hydrogens (tertiary/aromatic N) is 2. The summed E-state index contributed by atoms with van der Waals surface area (Å²) in [5.41, 5.74) is 7.17. The maximum atomic E-state index is 6.13. The Labute approximate surface area is 94.7 Å². The van der Waals surface area contributed by atoms with Crippen LogP contribution in [0.4, 0.5) is 0 Å². The van der Waals surface area contributed by atoms with Gasteiger partial charge in [-0.25, -0.2) is 0 Å². The molecule has 1 unspecified atom stereocenters. The third kappa shape index (κ3) is 1.78. The van der Waals surface area contributed by atoms with E-state index in [1.807, 2.05) is 18.3 Å². The fourth-order valence-electron chi connectivity index (χ4n) is 2.15. The molecule has 3 nitrogen and oxygen atoms in total. The van der Waals surface area contributed by atoms with E-state index in [1.165, 1.54) is 18.2 Å². The molecule has 16 heavy (non-hydrogen) atoms. The molecule has 0 radical (unpaired) electrons. The molecule has 0 saturated heterocycles. The van der Waals surface area contributed by atoms with Gasteiger partial charge in [0, 0.05) is 23.2 Å². The predicted octanol–water partition coefficient (Wildman–Crippen LogP) is 1.91. The quantitative estimate of drug-likeness (QED) is 0.847. The molecule has 1 aromatic heterocycles. The molecule has 2 aromatic rings. The molecular formula is C13H15N3. The molecule has 3 rings (SSSR count). The largest absolute Gasteiger partial charge is 0.327 e. The van der Waals surface area contributed by atoms with Crippen molar-refractivity contribution in [3.05, 3.63) is 36.2 Å². The Hall–Kier alpha value is -1.48. The summed E-state index contributed by atoms with van der Waals surface area (Å²) in [4.78, 5) is 0. The number of benzene rings is 1. The first kappa shape index (κ1) is 9.73. The van der Waals surface area contributed by atoms with Crippen LogP contribution in [0.1, 0.15) is 18.5 Å². The molecule has 3 heteroatoms. The average Bonchev–Trinajstić information content (AvgIpc) is 3.13. The van der Waals surface area contributed by atoms with E-state index in [4.69, 9.17) is 5.73 Å². The van der Waals surface area contributed by atoms with Crippen LogP contribution in [0.2, 0.25) is 0 Å². The van der Waals surface area contributed by atoms with Crippen LogP contribution in [-0.4, -0.2) is 16.2 Å². The molecule has 1 heterocycles. The summed E-state index contributed by atoms with van der Waals surface area (Å²) in [5.74, 6) is 0.709. The van der Waals surface area contributed by atoms with E-state index >= 15 is 0 Å². The molecule has 1 aliphatic carbocycles. The van der Waals surface area contributed by atoms with Crippen molar-refractivity contribution in [2.24, 2.45) is 11.7 Å². The summed E-state index contributed by atoms with van der Waals surface area (Å²) in [5, 5.41) is 10.6. The molecular weight excluding hydrogens is 198 g/mol. The van der Waals surface area contributed by atoms with Gasteiger partial charge < -0.3 is 5.73 Å². The van der Waals surface area contributed by atoms with Crippen molar-refractivity contribution in [1.29, 1.82) is 0 Å². The van der Waals surface area contributed by atoms with Crippen molar-refractivity contribution in [3.8, 4) is 0 Å². The Morgan fingerprint density at radius 1 is 1.31 bits per heavy atom. The third-order valence-electron chi connectivity index (χ3n) is 3.30. The highest BCUT2D eigenvalue weighted by molar-refractivity contribution is 5.83. The Kier molecular flexibility index (Phi) is 2.33. The second-order valence-corrected chi connectivity index (χ2v) is 4.58. The van der Waals surface area contributed by atoms with Crippen molar-refractivity contribution in [2.45, 2.75) is 25.3 Å². The van der Waals surface area contributed by atoms with E-state index in [0.717, 1.165) is 17.5 Å². The monoisotopic (exact) mass is 213 g/mol. The molecule has 0 amide bonds. The van der Waals surface area contributed by atoms with E-state index in [9.17, 15) is 0 Å². The normalized spacial score (nSPS) is 17.6. The standard InChI is InChI=1S/C13H15N3/c14-12(9-5-6-9)7-13-11-4-2-1-3-10(11)8-15-16-13/h1-4,8-9,12H,5-7,14H2. The fourth-order valence-corrected chi connectivity index (χ4v) is 2.15. The van der Waals surface area contributed by atoms with Crippen LogP contribution in [0.3, 0.4) is 0 Å². The molecule has 1 aromatic carbocycles. The Bertz CT molecular complexity index is 500. The minimum absolute atomic E-state index is 0.250. The highest BCUT2D eigenvalue weighted by atomic mass is 15.1. The van der Waals surface area contributed by atoms with Gasteiger partial charge >= 0.3 is 0 Å². The SMILES string of the molecule is NC(Cc1nncc2ccccc12)C1CC1. The molecule has 82 valence electrons. The van der Waals surface area contributed by atoms with E-state index in [1.54, 1.807) is 0 Å². The van der Waals surface area contributed by atoms with Gasteiger partial charge in [0.1, 0.15) is 0 Å². The van der Waals surface area contributed by atoms with Crippen molar-refractivity contribution in [2.75, 3.05) is 0 Å². The van der Waals surface area contributed by atoms with Crippen molar-refractivity contribution < 1.29 is 0 Å². The smallest absolute Gasteiger partial charge is 0.0724 e. The number of nitrogens with two attached hydrogens (primary N) is 1. The van der Waals surface area contributed by atoms with Crippen LogP contribution in [0.25, 0.3) is 10.8 Å². The van der Waals surface area contributed by atoms with Gasteiger partial charge in [0.25, 0.3) is 0 Å². The van der Waals surface area contributed by atoms with Gasteiger partial charge in [0.05, 0.1) is 11.9 Å². The van der Waals surface area contributed by atoms with Gasteiger partial charge in [-0.2, -0.15) is 10.2 Å². The zero-order valence-corrected chi connectivity index (χ0v) is 9.13.